The summed E-state index contributed by atoms with van der Waals surface area (Å²) in [6, 6.07) is 10.8. The second kappa shape index (κ2) is 5.51. The first-order chi connectivity index (χ1) is 9.33. The maximum atomic E-state index is 12.0. The van der Waals surface area contributed by atoms with E-state index in [1.807, 2.05) is 11.0 Å². The molecule has 0 spiro atoms. The number of benzene rings is 1. The third-order valence-electron chi connectivity index (χ3n) is 4.03. The van der Waals surface area contributed by atoms with Gasteiger partial charge in [-0.3, -0.25) is 0 Å². The summed E-state index contributed by atoms with van der Waals surface area (Å²) in [5.41, 5.74) is 1.25. The third-order valence-corrected chi connectivity index (χ3v) is 4.03. The van der Waals surface area contributed by atoms with E-state index in [2.05, 4.69) is 34.5 Å². The zero-order valence-corrected chi connectivity index (χ0v) is 11.2. The Morgan fingerprint density at radius 1 is 1.11 bits per heavy atom. The van der Waals surface area contributed by atoms with E-state index in [1.54, 1.807) is 0 Å². The lowest BCUT2D eigenvalue weighted by Crippen LogP contribution is -2.44. The number of anilines is 1. The number of rotatable bonds is 2. The van der Waals surface area contributed by atoms with Gasteiger partial charge in [0.05, 0.1) is 0 Å². The van der Waals surface area contributed by atoms with E-state index < -0.39 is 0 Å². The molecule has 0 radical (unpaired) electrons. The molecule has 1 aromatic carbocycles. The van der Waals surface area contributed by atoms with Crippen molar-refractivity contribution in [2.75, 3.05) is 31.1 Å². The summed E-state index contributed by atoms with van der Waals surface area (Å²) < 4.78 is 0. The van der Waals surface area contributed by atoms with Gasteiger partial charge in [-0.15, -0.1) is 0 Å². The van der Waals surface area contributed by atoms with Crippen LogP contribution in [0.1, 0.15) is 19.3 Å². The number of nitrogens with zero attached hydrogens (tertiary/aromatic N) is 2. The van der Waals surface area contributed by atoms with Gasteiger partial charge in [-0.2, -0.15) is 0 Å². The molecular weight excluding hydrogens is 238 g/mol. The van der Waals surface area contributed by atoms with Crippen molar-refractivity contribution in [3.63, 3.8) is 0 Å². The van der Waals surface area contributed by atoms with Crippen LogP contribution in [0.25, 0.3) is 0 Å². The lowest BCUT2D eigenvalue weighted by Gasteiger charge is -2.21. The van der Waals surface area contributed by atoms with Crippen molar-refractivity contribution in [3.8, 4) is 0 Å². The van der Waals surface area contributed by atoms with E-state index in [1.165, 1.54) is 5.69 Å². The smallest absolute Gasteiger partial charge is 0.317 e. The average molecular weight is 259 g/mol. The number of hydrogen-bond acceptors (Lipinski definition) is 2. The van der Waals surface area contributed by atoms with Crippen LogP contribution in [0.15, 0.2) is 30.3 Å². The Morgan fingerprint density at radius 2 is 1.84 bits per heavy atom. The summed E-state index contributed by atoms with van der Waals surface area (Å²) >= 11 is 0. The molecule has 0 saturated carbocycles. The average Bonchev–Trinajstić information content (AvgIpc) is 3.11. The number of urea groups is 1. The number of carbonyl (C=O) groups is 1. The summed E-state index contributed by atoms with van der Waals surface area (Å²) in [6.45, 7) is 3.78. The molecule has 1 N–H and O–H groups in total. The third kappa shape index (κ3) is 2.83. The Kier molecular flexibility index (Phi) is 3.58. The first-order valence-electron chi connectivity index (χ1n) is 7.18. The highest BCUT2D eigenvalue weighted by molar-refractivity contribution is 5.75. The Bertz CT molecular complexity index is 428. The number of amides is 2. The first kappa shape index (κ1) is 12.3. The quantitative estimate of drug-likeness (QED) is 0.882. The van der Waals surface area contributed by atoms with Crippen LogP contribution >= 0.6 is 0 Å². The highest BCUT2D eigenvalue weighted by Gasteiger charge is 2.26. The number of nitrogens with one attached hydrogen (secondary N) is 1. The number of hydrogen-bond donors (Lipinski definition) is 1. The van der Waals surface area contributed by atoms with E-state index in [4.69, 9.17) is 0 Å². The van der Waals surface area contributed by atoms with Crippen molar-refractivity contribution in [1.29, 1.82) is 0 Å². The van der Waals surface area contributed by atoms with E-state index in [0.29, 0.717) is 0 Å². The second-order valence-corrected chi connectivity index (χ2v) is 5.41. The lowest BCUT2D eigenvalue weighted by molar-refractivity contribution is 0.205. The molecule has 2 amide bonds. The van der Waals surface area contributed by atoms with Crippen LogP contribution in [0.3, 0.4) is 0 Å². The van der Waals surface area contributed by atoms with Crippen LogP contribution in [0, 0.1) is 0 Å². The highest BCUT2D eigenvalue weighted by atomic mass is 16.2. The molecule has 2 saturated heterocycles. The van der Waals surface area contributed by atoms with Gasteiger partial charge in [-0.05, 0) is 31.4 Å². The molecule has 2 heterocycles. The van der Waals surface area contributed by atoms with E-state index >= 15 is 0 Å². The maximum absolute atomic E-state index is 12.0. The molecular formula is C15H21N3O. The molecule has 2 aliphatic heterocycles. The van der Waals surface area contributed by atoms with Crippen LogP contribution in [0.2, 0.25) is 0 Å². The van der Waals surface area contributed by atoms with Gasteiger partial charge < -0.3 is 15.1 Å². The van der Waals surface area contributed by atoms with Crippen LogP contribution < -0.4 is 10.2 Å². The van der Waals surface area contributed by atoms with Gasteiger partial charge in [-0.25, -0.2) is 4.79 Å². The van der Waals surface area contributed by atoms with Crippen LogP contribution in [0.5, 0.6) is 0 Å². The van der Waals surface area contributed by atoms with Crippen molar-refractivity contribution < 1.29 is 4.79 Å². The van der Waals surface area contributed by atoms with Gasteiger partial charge in [0.1, 0.15) is 0 Å². The Balaban J connectivity index is 1.53. The van der Waals surface area contributed by atoms with Crippen LogP contribution in [0.4, 0.5) is 10.5 Å². The summed E-state index contributed by atoms with van der Waals surface area (Å²) in [6.07, 6.45) is 3.33. The molecule has 2 aliphatic rings. The molecule has 4 heteroatoms. The molecule has 102 valence electrons. The topological polar surface area (TPSA) is 35.6 Å². The van der Waals surface area contributed by atoms with Gasteiger partial charge in [0.25, 0.3) is 0 Å². The standard InChI is InChI=1S/C15H21N3O/c19-15(17-9-4-5-10-17)16-13-8-11-18(12-13)14-6-2-1-3-7-14/h1-3,6-7,13H,4-5,8-12H2,(H,16,19)/t13-/m1/s1. The molecule has 1 atom stereocenters. The first-order valence-corrected chi connectivity index (χ1v) is 7.18. The van der Waals surface area contributed by atoms with Gasteiger partial charge in [0.15, 0.2) is 0 Å². The van der Waals surface area contributed by atoms with Crippen molar-refractivity contribution in [2.45, 2.75) is 25.3 Å². The number of para-hydroxylation sites is 1. The lowest BCUT2D eigenvalue weighted by atomic mass is 10.3. The predicted octanol–water partition coefficient (Wildman–Crippen LogP) is 2.07. The van der Waals surface area contributed by atoms with E-state index in [9.17, 15) is 4.79 Å². The largest absolute Gasteiger partial charge is 0.369 e. The molecule has 19 heavy (non-hydrogen) atoms. The van der Waals surface area contributed by atoms with Gasteiger partial charge >= 0.3 is 6.03 Å². The zero-order valence-electron chi connectivity index (χ0n) is 11.2. The normalized spacial score (nSPS) is 22.8. The van der Waals surface area contributed by atoms with Gasteiger partial charge in [0, 0.05) is 37.9 Å². The molecule has 3 rings (SSSR count). The number of likely N-dealkylation sites (tertiary alicyclic amines) is 1. The Morgan fingerprint density at radius 3 is 2.58 bits per heavy atom. The molecule has 0 unspecified atom stereocenters. The maximum Gasteiger partial charge on any atom is 0.317 e. The fraction of sp³-hybridized carbons (Fsp3) is 0.533. The monoisotopic (exact) mass is 259 g/mol. The minimum absolute atomic E-state index is 0.123. The van der Waals surface area contributed by atoms with Crippen LogP contribution in [-0.4, -0.2) is 43.2 Å². The highest BCUT2D eigenvalue weighted by Crippen LogP contribution is 2.20. The van der Waals surface area contributed by atoms with Crippen molar-refractivity contribution >= 4 is 11.7 Å². The summed E-state index contributed by atoms with van der Waals surface area (Å²) in [4.78, 5) is 16.3. The van der Waals surface area contributed by atoms with Crippen molar-refractivity contribution in [2.24, 2.45) is 0 Å². The van der Waals surface area contributed by atoms with Crippen molar-refractivity contribution in [3.05, 3.63) is 30.3 Å². The predicted molar refractivity (Wildman–Crippen MR) is 76.4 cm³/mol. The minimum Gasteiger partial charge on any atom is -0.369 e. The summed E-state index contributed by atoms with van der Waals surface area (Å²) in [5, 5.41) is 3.17. The molecule has 1 aromatic rings. The minimum atomic E-state index is 0.123. The molecule has 0 aliphatic carbocycles. The molecule has 0 aromatic heterocycles. The molecule has 0 bridgehead atoms. The Labute approximate surface area is 114 Å². The van der Waals surface area contributed by atoms with E-state index in [-0.39, 0.29) is 12.1 Å². The summed E-state index contributed by atoms with van der Waals surface area (Å²) in [5.74, 6) is 0. The van der Waals surface area contributed by atoms with Gasteiger partial charge in [0.2, 0.25) is 0 Å². The Hall–Kier alpha value is -1.71. The molecule has 4 nitrogen and oxygen atoms in total. The van der Waals surface area contributed by atoms with E-state index in [0.717, 1.165) is 45.4 Å². The SMILES string of the molecule is O=C(N[C@@H]1CCN(c2ccccc2)C1)N1CCCC1. The molecule has 2 fully saturated rings. The fourth-order valence-corrected chi connectivity index (χ4v) is 2.94. The number of carbonyl (C=O) groups excluding carboxylic acids is 1. The second-order valence-electron chi connectivity index (χ2n) is 5.41. The van der Waals surface area contributed by atoms with Crippen molar-refractivity contribution in [1.82, 2.24) is 10.2 Å². The van der Waals surface area contributed by atoms with Gasteiger partial charge in [-0.1, -0.05) is 18.2 Å². The fourth-order valence-electron chi connectivity index (χ4n) is 2.94. The summed E-state index contributed by atoms with van der Waals surface area (Å²) in [7, 11) is 0. The zero-order chi connectivity index (χ0) is 13.1. The van der Waals surface area contributed by atoms with Crippen LogP contribution in [-0.2, 0) is 0 Å².